The van der Waals surface area contributed by atoms with Gasteiger partial charge < -0.3 is 25.2 Å². The average Bonchev–Trinajstić information content (AvgIpc) is 2.54. The number of hydrogen-bond donors (Lipinski definition) is 4. The Morgan fingerprint density at radius 1 is 1.10 bits per heavy atom. The second-order valence-electron chi connectivity index (χ2n) is 4.01. The van der Waals surface area contributed by atoms with E-state index in [2.05, 4.69) is 4.74 Å². The highest BCUT2D eigenvalue weighted by molar-refractivity contribution is 6.08. The second-order valence-corrected chi connectivity index (χ2v) is 4.01. The van der Waals surface area contributed by atoms with Gasteiger partial charge in [-0.1, -0.05) is 0 Å². The number of aliphatic hydroxyl groups is 1. The van der Waals surface area contributed by atoms with E-state index < -0.39 is 48.3 Å². The van der Waals surface area contributed by atoms with Gasteiger partial charge in [0, 0.05) is 11.6 Å². The Balaban J connectivity index is 0.000000423. The zero-order valence-electron chi connectivity index (χ0n) is 10.7. The van der Waals surface area contributed by atoms with Gasteiger partial charge in [0.15, 0.2) is 5.60 Å². The van der Waals surface area contributed by atoms with Crippen LogP contribution in [0.2, 0.25) is 0 Å². The van der Waals surface area contributed by atoms with Gasteiger partial charge in [-0.2, -0.15) is 0 Å². The summed E-state index contributed by atoms with van der Waals surface area (Å²) in [5.41, 5.74) is -2.37. The number of carboxylic acids is 3. The fraction of sp³-hybridized carbons (Fsp3) is 0.364. The number of hydrogen-bond acceptors (Lipinski definition) is 7. The predicted octanol–water partition coefficient (Wildman–Crippen LogP) is -1.23. The molecule has 0 aromatic rings. The monoisotopic (exact) mass is 304 g/mol. The molecule has 1 aliphatic rings. The van der Waals surface area contributed by atoms with Gasteiger partial charge in [-0.05, 0) is 6.92 Å². The summed E-state index contributed by atoms with van der Waals surface area (Å²) in [5.74, 6) is -6.11. The fourth-order valence-corrected chi connectivity index (χ4v) is 1.15. The van der Waals surface area contributed by atoms with Gasteiger partial charge in [0.1, 0.15) is 0 Å². The van der Waals surface area contributed by atoms with E-state index in [4.69, 9.17) is 20.4 Å². The number of esters is 2. The van der Waals surface area contributed by atoms with Gasteiger partial charge in [-0.15, -0.1) is 0 Å². The van der Waals surface area contributed by atoms with Crippen LogP contribution in [0, 0.1) is 0 Å². The second kappa shape index (κ2) is 7.14. The summed E-state index contributed by atoms with van der Waals surface area (Å²) in [7, 11) is 0. The van der Waals surface area contributed by atoms with Crippen molar-refractivity contribution in [3.05, 3.63) is 11.6 Å². The van der Waals surface area contributed by atoms with Crippen LogP contribution in [0.1, 0.15) is 19.8 Å². The van der Waals surface area contributed by atoms with Gasteiger partial charge in [0.25, 0.3) is 0 Å². The molecule has 1 heterocycles. The molecule has 21 heavy (non-hydrogen) atoms. The molecule has 0 aromatic carbocycles. The fourth-order valence-electron chi connectivity index (χ4n) is 1.15. The summed E-state index contributed by atoms with van der Waals surface area (Å²) < 4.78 is 4.10. The molecule has 0 saturated heterocycles. The Morgan fingerprint density at radius 2 is 1.52 bits per heavy atom. The Labute approximate surface area is 117 Å². The van der Waals surface area contributed by atoms with Crippen LogP contribution < -0.4 is 0 Å². The number of carbonyl (C=O) groups excluding carboxylic acids is 2. The molecular weight excluding hydrogens is 292 g/mol. The number of rotatable bonds is 5. The van der Waals surface area contributed by atoms with Crippen molar-refractivity contribution in [2.75, 3.05) is 0 Å². The summed E-state index contributed by atoms with van der Waals surface area (Å²) in [6.45, 7) is 1.53. The molecule has 0 fully saturated rings. The molecule has 0 unspecified atom stereocenters. The highest BCUT2D eigenvalue weighted by atomic mass is 16.6. The zero-order valence-corrected chi connectivity index (χ0v) is 10.7. The summed E-state index contributed by atoms with van der Waals surface area (Å²) in [4.78, 5) is 50.9. The summed E-state index contributed by atoms with van der Waals surface area (Å²) in [6, 6.07) is 0. The van der Waals surface area contributed by atoms with Gasteiger partial charge in [0.2, 0.25) is 0 Å². The molecule has 4 N–H and O–H groups in total. The van der Waals surface area contributed by atoms with Crippen molar-refractivity contribution in [1.82, 2.24) is 0 Å². The third kappa shape index (κ3) is 6.29. The highest BCUT2D eigenvalue weighted by Gasteiger charge is 2.40. The molecule has 116 valence electrons. The minimum atomic E-state index is -2.74. The maximum Gasteiger partial charge on any atom is 0.341 e. The molecule has 0 atom stereocenters. The van der Waals surface area contributed by atoms with Crippen LogP contribution in [0.4, 0.5) is 0 Å². The van der Waals surface area contributed by atoms with Crippen molar-refractivity contribution in [3.63, 3.8) is 0 Å². The Morgan fingerprint density at radius 3 is 1.67 bits per heavy atom. The zero-order chi connectivity index (χ0) is 16.8. The van der Waals surface area contributed by atoms with Crippen LogP contribution in [-0.4, -0.2) is 55.9 Å². The van der Waals surface area contributed by atoms with Crippen LogP contribution in [0.15, 0.2) is 11.6 Å². The smallest absolute Gasteiger partial charge is 0.341 e. The van der Waals surface area contributed by atoms with E-state index in [1.54, 1.807) is 0 Å². The lowest BCUT2D eigenvalue weighted by Gasteiger charge is -2.18. The normalized spacial score (nSPS) is 13.7. The topological polar surface area (TPSA) is 175 Å². The minimum absolute atomic E-state index is 0.370. The largest absolute Gasteiger partial charge is 0.481 e. The number of aliphatic carboxylic acids is 3. The van der Waals surface area contributed by atoms with Crippen LogP contribution in [0.25, 0.3) is 0 Å². The minimum Gasteiger partial charge on any atom is -0.481 e. The molecule has 0 amide bonds. The van der Waals surface area contributed by atoms with Gasteiger partial charge in [-0.25, -0.2) is 14.4 Å². The van der Waals surface area contributed by atoms with Crippen molar-refractivity contribution in [1.29, 1.82) is 0 Å². The Kier molecular flexibility index (Phi) is 6.21. The van der Waals surface area contributed by atoms with Crippen molar-refractivity contribution in [2.24, 2.45) is 0 Å². The predicted molar refractivity (Wildman–Crippen MR) is 61.9 cm³/mol. The van der Waals surface area contributed by atoms with Crippen molar-refractivity contribution in [3.8, 4) is 0 Å². The van der Waals surface area contributed by atoms with E-state index in [0.29, 0.717) is 5.57 Å². The molecule has 0 aliphatic carbocycles. The van der Waals surface area contributed by atoms with Gasteiger partial charge >= 0.3 is 29.8 Å². The highest BCUT2D eigenvalue weighted by Crippen LogP contribution is 2.15. The molecule has 1 aliphatic heterocycles. The molecule has 10 nitrogen and oxygen atoms in total. The summed E-state index contributed by atoms with van der Waals surface area (Å²) >= 11 is 0. The van der Waals surface area contributed by atoms with Crippen molar-refractivity contribution in [2.45, 2.75) is 25.4 Å². The third-order valence-corrected chi connectivity index (χ3v) is 2.14. The van der Waals surface area contributed by atoms with Gasteiger partial charge in [-0.3, -0.25) is 9.59 Å². The number of carboxylic acid groups (broad SMARTS) is 3. The van der Waals surface area contributed by atoms with Crippen molar-refractivity contribution < 1.29 is 49.1 Å². The average molecular weight is 304 g/mol. The SMILES string of the molecule is CC1=CC(=O)OC1=O.O=C(O)CC(O)(CC(=O)O)C(=O)O. The molecule has 10 heteroatoms. The van der Waals surface area contributed by atoms with E-state index in [1.165, 1.54) is 13.0 Å². The first-order valence-electron chi connectivity index (χ1n) is 5.31. The quantitative estimate of drug-likeness (QED) is 0.355. The van der Waals surface area contributed by atoms with E-state index in [0.717, 1.165) is 0 Å². The molecule has 0 spiro atoms. The molecule has 1 rings (SSSR count). The lowest BCUT2D eigenvalue weighted by atomic mass is 9.96. The standard InChI is InChI=1S/C6H8O7.C5H4O3/c7-3(8)1-6(13,5(11)12)2-4(9)10;1-3-2-4(6)8-5(3)7/h13H,1-2H2,(H,7,8)(H,9,10)(H,11,12);2H,1H3. The van der Waals surface area contributed by atoms with Crippen LogP contribution in [0.3, 0.4) is 0 Å². The summed E-state index contributed by atoms with van der Waals surface area (Å²) in [5, 5.41) is 33.8. The van der Waals surface area contributed by atoms with Crippen LogP contribution in [-0.2, 0) is 28.7 Å². The maximum absolute atomic E-state index is 10.3. The summed E-state index contributed by atoms with van der Waals surface area (Å²) in [6.07, 6.45) is -1.12. The lowest BCUT2D eigenvalue weighted by Crippen LogP contribution is -2.42. The van der Waals surface area contributed by atoms with Gasteiger partial charge in [0.05, 0.1) is 12.8 Å². The first-order valence-corrected chi connectivity index (χ1v) is 5.31. The number of ether oxygens (including phenoxy) is 1. The van der Waals surface area contributed by atoms with E-state index in [1.807, 2.05) is 0 Å². The lowest BCUT2D eigenvalue weighted by molar-refractivity contribution is -0.170. The Hall–Kier alpha value is -2.75. The third-order valence-electron chi connectivity index (χ3n) is 2.14. The Bertz CT molecular complexity index is 499. The van der Waals surface area contributed by atoms with E-state index in [9.17, 15) is 24.0 Å². The molecular formula is C11H12O10. The first kappa shape index (κ1) is 18.2. The van der Waals surface area contributed by atoms with E-state index in [-0.39, 0.29) is 0 Å². The molecule has 0 saturated carbocycles. The molecule has 0 aromatic heterocycles. The molecule has 0 radical (unpaired) electrons. The van der Waals surface area contributed by atoms with Crippen LogP contribution >= 0.6 is 0 Å². The number of cyclic esters (lactones) is 2. The first-order chi connectivity index (χ1) is 9.47. The number of carbonyl (C=O) groups is 5. The van der Waals surface area contributed by atoms with Crippen LogP contribution in [0.5, 0.6) is 0 Å². The molecule has 0 bridgehead atoms. The van der Waals surface area contributed by atoms with E-state index >= 15 is 0 Å². The van der Waals surface area contributed by atoms with Crippen molar-refractivity contribution >= 4 is 29.8 Å². The maximum atomic E-state index is 10.3.